The normalized spacial score (nSPS) is 16.9. The first kappa shape index (κ1) is 40.5. The summed E-state index contributed by atoms with van der Waals surface area (Å²) in [6.07, 6.45) is -1.41. The van der Waals surface area contributed by atoms with Crippen molar-refractivity contribution in [3.05, 3.63) is 144 Å². The first-order valence-corrected chi connectivity index (χ1v) is 18.9. The van der Waals surface area contributed by atoms with Crippen molar-refractivity contribution in [3.63, 3.8) is 0 Å². The lowest BCUT2D eigenvalue weighted by Crippen LogP contribution is -2.55. The Morgan fingerprint density at radius 1 is 0.491 bits per heavy atom. The maximum Gasteiger partial charge on any atom is 0.408 e. The SMILES string of the molecule is CC(C)[C@H](NC(=O)OCc1ccccc1)C(=O)N[C@@H](Cc1ccccc1)C1OC1[C@H](Cc1ccccc1)NC(=O)[C@@H](NC(=O)OCc1ccccc1)C(C)C. The molecule has 11 heteroatoms. The molecule has 5 rings (SSSR count). The van der Waals surface area contributed by atoms with Crippen LogP contribution in [0.2, 0.25) is 0 Å². The number of nitrogens with one attached hydrogen (secondary N) is 4. The number of hydrogen-bond donors (Lipinski definition) is 4. The van der Waals surface area contributed by atoms with Crippen LogP contribution in [0.1, 0.15) is 49.9 Å². The zero-order valence-corrected chi connectivity index (χ0v) is 31.9. The lowest BCUT2D eigenvalue weighted by atomic mass is 9.94. The predicted molar refractivity (Wildman–Crippen MR) is 210 cm³/mol. The van der Waals surface area contributed by atoms with Crippen molar-refractivity contribution >= 4 is 24.0 Å². The molecule has 4 aromatic carbocycles. The summed E-state index contributed by atoms with van der Waals surface area (Å²) in [5.41, 5.74) is 3.64. The summed E-state index contributed by atoms with van der Waals surface area (Å²) < 4.78 is 17.2. The molecule has 1 aliphatic heterocycles. The summed E-state index contributed by atoms with van der Waals surface area (Å²) in [7, 11) is 0. The quantitative estimate of drug-likeness (QED) is 0.0899. The molecule has 11 nitrogen and oxygen atoms in total. The number of carbonyl (C=O) groups excluding carboxylic acids is 4. The van der Waals surface area contributed by atoms with Gasteiger partial charge in [0.1, 0.15) is 37.5 Å². The van der Waals surface area contributed by atoms with Crippen molar-refractivity contribution in [2.45, 2.75) is 90.1 Å². The van der Waals surface area contributed by atoms with Gasteiger partial charge in [-0.15, -0.1) is 0 Å². The van der Waals surface area contributed by atoms with E-state index in [2.05, 4.69) is 21.3 Å². The first-order chi connectivity index (χ1) is 26.6. The van der Waals surface area contributed by atoms with E-state index in [1.54, 1.807) is 0 Å². The van der Waals surface area contributed by atoms with Gasteiger partial charge in [0.2, 0.25) is 11.8 Å². The van der Waals surface area contributed by atoms with Gasteiger partial charge in [-0.3, -0.25) is 9.59 Å². The molecule has 0 bridgehead atoms. The Hall–Kier alpha value is -5.68. The molecule has 0 saturated carbocycles. The van der Waals surface area contributed by atoms with Crippen LogP contribution in [0.25, 0.3) is 0 Å². The van der Waals surface area contributed by atoms with E-state index in [-0.39, 0.29) is 36.9 Å². The topological polar surface area (TPSA) is 147 Å². The first-order valence-electron chi connectivity index (χ1n) is 18.9. The third kappa shape index (κ3) is 12.7. The Labute approximate surface area is 323 Å². The van der Waals surface area contributed by atoms with Gasteiger partial charge in [-0.25, -0.2) is 9.59 Å². The Balaban J connectivity index is 1.29. The molecule has 1 heterocycles. The zero-order chi connectivity index (χ0) is 39.2. The molecule has 4 N–H and O–H groups in total. The molecule has 6 atom stereocenters. The molecule has 0 spiro atoms. The minimum atomic E-state index is -0.877. The summed E-state index contributed by atoms with van der Waals surface area (Å²) in [6, 6.07) is 35.4. The van der Waals surface area contributed by atoms with Gasteiger partial charge in [-0.2, -0.15) is 0 Å². The molecule has 0 aliphatic carbocycles. The third-order valence-corrected chi connectivity index (χ3v) is 9.48. The van der Waals surface area contributed by atoms with Crippen molar-refractivity contribution in [3.8, 4) is 0 Å². The minimum absolute atomic E-state index is 0.0733. The molecule has 4 amide bonds. The smallest absolute Gasteiger partial charge is 0.408 e. The molecule has 0 radical (unpaired) electrons. The van der Waals surface area contributed by atoms with Gasteiger partial charge < -0.3 is 35.5 Å². The van der Waals surface area contributed by atoms with Crippen LogP contribution in [0, 0.1) is 11.8 Å². The van der Waals surface area contributed by atoms with Crippen LogP contribution < -0.4 is 21.3 Å². The van der Waals surface area contributed by atoms with Crippen LogP contribution in [-0.4, -0.2) is 60.4 Å². The number of rotatable bonds is 18. The summed E-state index contributed by atoms with van der Waals surface area (Å²) in [5, 5.41) is 11.8. The molecule has 1 fully saturated rings. The fourth-order valence-electron chi connectivity index (χ4n) is 6.42. The fourth-order valence-corrected chi connectivity index (χ4v) is 6.42. The van der Waals surface area contributed by atoms with Crippen LogP contribution in [0.4, 0.5) is 9.59 Å². The molecule has 1 aliphatic rings. The van der Waals surface area contributed by atoms with Gasteiger partial charge in [0.25, 0.3) is 0 Å². The fraction of sp³-hybridized carbons (Fsp3) is 0.364. The number of benzene rings is 4. The molecule has 2 unspecified atom stereocenters. The average molecular weight is 749 g/mol. The van der Waals surface area contributed by atoms with E-state index < -0.39 is 48.6 Å². The van der Waals surface area contributed by atoms with E-state index in [1.165, 1.54) is 0 Å². The van der Waals surface area contributed by atoms with Crippen molar-refractivity contribution in [2.75, 3.05) is 0 Å². The Kier molecular flexibility index (Phi) is 14.8. The van der Waals surface area contributed by atoms with Gasteiger partial charge >= 0.3 is 12.2 Å². The maximum absolute atomic E-state index is 13.9. The van der Waals surface area contributed by atoms with Gasteiger partial charge in [0.05, 0.1) is 12.1 Å². The summed E-state index contributed by atoms with van der Waals surface area (Å²) >= 11 is 0. The Morgan fingerprint density at radius 2 is 0.800 bits per heavy atom. The van der Waals surface area contributed by atoms with Crippen LogP contribution in [0.15, 0.2) is 121 Å². The zero-order valence-electron chi connectivity index (χ0n) is 31.9. The molecule has 0 aromatic heterocycles. The molecule has 4 aromatic rings. The van der Waals surface area contributed by atoms with E-state index in [9.17, 15) is 19.2 Å². The van der Waals surface area contributed by atoms with Gasteiger partial charge in [-0.05, 0) is 46.9 Å². The molecule has 290 valence electrons. The minimum Gasteiger partial charge on any atom is -0.445 e. The van der Waals surface area contributed by atoms with E-state index >= 15 is 0 Å². The van der Waals surface area contributed by atoms with Crippen LogP contribution in [0.5, 0.6) is 0 Å². The van der Waals surface area contributed by atoms with Gasteiger partial charge in [0, 0.05) is 0 Å². The monoisotopic (exact) mass is 748 g/mol. The molecular weight excluding hydrogens is 697 g/mol. The number of epoxide rings is 1. The third-order valence-electron chi connectivity index (χ3n) is 9.48. The highest BCUT2D eigenvalue weighted by molar-refractivity contribution is 5.87. The van der Waals surface area contributed by atoms with Crippen LogP contribution >= 0.6 is 0 Å². The molecule has 55 heavy (non-hydrogen) atoms. The predicted octanol–water partition coefficient (Wildman–Crippen LogP) is 6.11. The highest BCUT2D eigenvalue weighted by Crippen LogP contribution is 2.32. The lowest BCUT2D eigenvalue weighted by molar-refractivity contribution is -0.125. The second-order valence-corrected chi connectivity index (χ2v) is 14.5. The Morgan fingerprint density at radius 3 is 1.11 bits per heavy atom. The second kappa shape index (κ2) is 20.1. The van der Waals surface area contributed by atoms with E-state index in [0.717, 1.165) is 22.3 Å². The largest absolute Gasteiger partial charge is 0.445 e. The van der Waals surface area contributed by atoms with Crippen molar-refractivity contribution < 1.29 is 33.4 Å². The molecule has 1 saturated heterocycles. The number of amides is 4. The number of hydrogen-bond acceptors (Lipinski definition) is 7. The van der Waals surface area contributed by atoms with Crippen LogP contribution in [0.3, 0.4) is 0 Å². The van der Waals surface area contributed by atoms with E-state index in [1.807, 2.05) is 149 Å². The van der Waals surface area contributed by atoms with E-state index in [4.69, 9.17) is 14.2 Å². The molecular formula is C44H52N4O7. The maximum atomic E-state index is 13.9. The van der Waals surface area contributed by atoms with Crippen LogP contribution in [-0.2, 0) is 49.9 Å². The average Bonchev–Trinajstić information content (AvgIpc) is 3.99. The number of carbonyl (C=O) groups is 4. The number of ether oxygens (including phenoxy) is 3. The summed E-state index contributed by atoms with van der Waals surface area (Å²) in [4.78, 5) is 53.5. The highest BCUT2D eigenvalue weighted by Gasteiger charge is 2.51. The summed E-state index contributed by atoms with van der Waals surface area (Å²) in [6.45, 7) is 7.56. The second-order valence-electron chi connectivity index (χ2n) is 14.5. The summed E-state index contributed by atoms with van der Waals surface area (Å²) in [5.74, 6) is -1.24. The number of alkyl carbamates (subject to hydrolysis) is 2. The van der Waals surface area contributed by atoms with E-state index in [0.29, 0.717) is 12.8 Å². The van der Waals surface area contributed by atoms with Crippen molar-refractivity contribution in [1.82, 2.24) is 21.3 Å². The lowest BCUT2D eigenvalue weighted by Gasteiger charge is -2.26. The van der Waals surface area contributed by atoms with Crippen molar-refractivity contribution in [2.24, 2.45) is 11.8 Å². The standard InChI is InChI=1S/C44H52N4O7/c1-29(2)37(47-43(51)53-27-33-21-13-7-14-22-33)41(49)45-35(25-31-17-9-5-10-18-31)39-40(55-39)36(26-32-19-11-6-12-20-32)46-42(50)38(30(3)4)48-44(52)54-28-34-23-15-8-16-24-34/h5-24,29-30,35-40H,25-28H2,1-4H3,(H,45,49)(H,46,50)(H,47,51)(H,48,52)/t35-,36-,37-,38-,39?,40?/m0/s1. The Bertz CT molecular complexity index is 1680. The van der Waals surface area contributed by atoms with Gasteiger partial charge in [0.15, 0.2) is 0 Å². The van der Waals surface area contributed by atoms with Crippen molar-refractivity contribution in [1.29, 1.82) is 0 Å². The van der Waals surface area contributed by atoms with Gasteiger partial charge in [-0.1, -0.05) is 149 Å². The highest BCUT2D eigenvalue weighted by atomic mass is 16.6.